The van der Waals surface area contributed by atoms with Gasteiger partial charge in [-0.3, -0.25) is 6.07 Å². The van der Waals surface area contributed by atoms with Gasteiger partial charge in [-0.1, -0.05) is 95.4 Å². The second-order valence-corrected chi connectivity index (χ2v) is 8.21. The number of benzene rings is 2. The summed E-state index contributed by atoms with van der Waals surface area (Å²) < 4.78 is 0. The molecule has 2 radical (unpaired) electrons. The minimum Gasteiger partial charge on any atom is -0.481 e. The van der Waals surface area contributed by atoms with Gasteiger partial charge >= 0.3 is 0 Å². The zero-order valence-electron chi connectivity index (χ0n) is 23.9. The van der Waals surface area contributed by atoms with Crippen molar-refractivity contribution >= 4 is 18.0 Å². The molecule has 0 aromatic heterocycles. The molecule has 1 nitrogen and oxygen atoms in total. The van der Waals surface area contributed by atoms with Crippen LogP contribution < -0.4 is 0 Å². The van der Waals surface area contributed by atoms with Crippen molar-refractivity contribution in [3.8, 4) is 0 Å². The fourth-order valence-electron chi connectivity index (χ4n) is 1.19. The minimum atomic E-state index is 0. The van der Waals surface area contributed by atoms with Crippen LogP contribution in [0, 0.1) is 29.5 Å². The Morgan fingerprint density at radius 2 is 1.12 bits per heavy atom. The maximum atomic E-state index is 5.19. The van der Waals surface area contributed by atoms with E-state index in [9.17, 15) is 0 Å². The molecule has 0 fully saturated rings. The number of aliphatic imine (C=N–C) groups is 1. The summed E-state index contributed by atoms with van der Waals surface area (Å²) in [4.78, 5) is 4.17. The van der Waals surface area contributed by atoms with Crippen molar-refractivity contribution in [1.82, 2.24) is 0 Å². The van der Waals surface area contributed by atoms with Crippen LogP contribution in [0.15, 0.2) is 53.5 Å². The topological polar surface area (TPSA) is 12.4 Å². The number of hydrogen-bond donors (Lipinski definition) is 0. The summed E-state index contributed by atoms with van der Waals surface area (Å²) in [6.45, 7) is 32.2. The smallest absolute Gasteiger partial charge is 0 e. The first-order chi connectivity index (χ1) is 14.5. The Morgan fingerprint density at radius 3 is 1.36 bits per heavy atom. The van der Waals surface area contributed by atoms with Crippen molar-refractivity contribution in [1.29, 1.82) is 0 Å². The van der Waals surface area contributed by atoms with Crippen molar-refractivity contribution in [2.75, 3.05) is 0 Å². The van der Waals surface area contributed by atoms with E-state index in [1.807, 2.05) is 90.1 Å². The monoisotopic (exact) mass is 601 g/mol. The summed E-state index contributed by atoms with van der Waals surface area (Å²) >= 11 is 0. The van der Waals surface area contributed by atoms with Crippen LogP contribution in [0.4, 0.5) is 5.69 Å². The minimum absolute atomic E-state index is 0. The van der Waals surface area contributed by atoms with Crippen LogP contribution in [0.1, 0.15) is 95.6 Å². The predicted molar refractivity (Wildman–Crippen MR) is 145 cm³/mol. The van der Waals surface area contributed by atoms with Crippen LogP contribution in [0.25, 0.3) is 6.08 Å². The molecule has 33 heavy (non-hydrogen) atoms. The van der Waals surface area contributed by atoms with Gasteiger partial charge in [0.1, 0.15) is 0 Å². The summed E-state index contributed by atoms with van der Waals surface area (Å²) in [5, 5.41) is 0. The van der Waals surface area contributed by atoms with E-state index in [2.05, 4.69) is 71.8 Å². The van der Waals surface area contributed by atoms with Gasteiger partial charge in [0.05, 0.1) is 0 Å². The third-order valence-corrected chi connectivity index (χ3v) is 2.12. The number of hydrogen-bond acceptors (Lipinski definition) is 1. The predicted octanol–water partition coefficient (Wildman–Crippen LogP) is 10.2. The van der Waals surface area contributed by atoms with Gasteiger partial charge in [0.25, 0.3) is 0 Å². The summed E-state index contributed by atoms with van der Waals surface area (Å²) in [7, 11) is 0. The molecule has 0 bridgehead atoms. The van der Waals surface area contributed by atoms with Crippen molar-refractivity contribution in [2.45, 2.75) is 90.0 Å². The van der Waals surface area contributed by atoms with Crippen LogP contribution in [0.3, 0.4) is 0 Å². The molecule has 184 valence electrons. The van der Waals surface area contributed by atoms with Gasteiger partial charge in [0, 0.05) is 65.4 Å². The molecule has 0 aliphatic carbocycles. The van der Waals surface area contributed by atoms with Gasteiger partial charge in [-0.15, -0.1) is 6.07 Å². The molecule has 2 aromatic rings. The van der Waals surface area contributed by atoms with Crippen molar-refractivity contribution < 1.29 is 65.4 Å². The molecule has 0 atom stereocenters. The first-order valence-corrected chi connectivity index (χ1v) is 11.5. The van der Waals surface area contributed by atoms with Crippen molar-refractivity contribution in [3.63, 3.8) is 0 Å². The molecule has 0 amide bonds. The maximum Gasteiger partial charge on any atom is 0 e. The molecule has 0 saturated heterocycles. The summed E-state index contributed by atoms with van der Waals surface area (Å²) in [6.07, 6.45) is 4.56. The molecule has 0 aliphatic rings. The Balaban J connectivity index is -0.0000000763. The van der Waals surface area contributed by atoms with E-state index in [1.165, 1.54) is 6.08 Å². The Bertz CT molecular complexity index is 601. The first-order valence-electron chi connectivity index (χ1n) is 11.5. The van der Waals surface area contributed by atoms with E-state index in [1.54, 1.807) is 0 Å². The van der Waals surface area contributed by atoms with Crippen LogP contribution in [0.5, 0.6) is 0 Å². The van der Waals surface area contributed by atoms with Crippen LogP contribution in [0.2, 0.25) is 0 Å². The molecule has 0 spiro atoms. The molecule has 0 unspecified atom stereocenters. The second-order valence-electron chi connectivity index (χ2n) is 8.21. The molecule has 0 saturated carbocycles. The van der Waals surface area contributed by atoms with Crippen molar-refractivity contribution in [3.05, 3.63) is 72.8 Å². The molecular formula is C30H49NY2-4. The van der Waals surface area contributed by atoms with Crippen LogP contribution >= 0.6 is 0 Å². The van der Waals surface area contributed by atoms with E-state index in [-0.39, 0.29) is 70.8 Å². The summed E-state index contributed by atoms with van der Waals surface area (Å²) in [5.41, 5.74) is 2.30. The van der Waals surface area contributed by atoms with Gasteiger partial charge in [0.15, 0.2) is 0 Å². The van der Waals surface area contributed by atoms with E-state index in [0.717, 1.165) is 11.3 Å². The number of para-hydroxylation sites is 1. The Hall–Kier alpha value is 0.0578. The molecule has 3 heteroatoms. The number of nitrogens with zero attached hydrogens (tertiary/aromatic N) is 1. The average Bonchev–Trinajstić information content (AvgIpc) is 2.77. The normalized spacial score (nSPS) is 8.88. The fraction of sp³-hybridized carbons (Fsp3) is 0.500. The van der Waals surface area contributed by atoms with Gasteiger partial charge in [-0.05, 0) is 5.41 Å². The molecule has 0 heterocycles. The quantitative estimate of drug-likeness (QED) is 0.240. The van der Waals surface area contributed by atoms with Gasteiger partial charge in [-0.2, -0.15) is 36.5 Å². The van der Waals surface area contributed by atoms with Gasteiger partial charge in [-0.25, -0.2) is 23.9 Å². The SMILES string of the molecule is CC.CC.CC.CC(C)(C)C.CC(C)(C)[C-]=Nc1[c-]cccc1.[CH-]=Cc1[c-]cccc1.[Y].[Y]. The maximum absolute atomic E-state index is 5.19. The van der Waals surface area contributed by atoms with Gasteiger partial charge in [0.2, 0.25) is 0 Å². The Labute approximate surface area is 259 Å². The number of rotatable bonds is 2. The molecular weight excluding hydrogens is 552 g/mol. The summed E-state index contributed by atoms with van der Waals surface area (Å²) in [6, 6.07) is 21.2. The van der Waals surface area contributed by atoms with E-state index >= 15 is 0 Å². The molecule has 0 N–H and O–H groups in total. The van der Waals surface area contributed by atoms with E-state index in [4.69, 9.17) is 6.58 Å². The van der Waals surface area contributed by atoms with E-state index < -0.39 is 0 Å². The first kappa shape index (κ1) is 46.4. The zero-order valence-corrected chi connectivity index (χ0v) is 29.6. The molecule has 2 aromatic carbocycles. The van der Waals surface area contributed by atoms with Crippen molar-refractivity contribution in [2.24, 2.45) is 15.8 Å². The Kier molecular flexibility index (Phi) is 45.1. The van der Waals surface area contributed by atoms with Crippen LogP contribution in [-0.4, -0.2) is 6.21 Å². The largest absolute Gasteiger partial charge is 0.481 e. The average molecular weight is 602 g/mol. The third-order valence-electron chi connectivity index (χ3n) is 2.12. The third kappa shape index (κ3) is 50.0. The standard InChI is InChI=1S/C11H13N.C8H6.C5H12.3C2H6.2Y/c1-11(2,3)9-12-10-7-5-4-6-8-10;1-2-8-6-4-3-5-7-8;1-5(2,3)4;3*1-2;;/h4-7H,1-3H3;1-6H;1-4H3;3*1-2H3;;/q2*-2;;;;;;. The van der Waals surface area contributed by atoms with Crippen LogP contribution in [-0.2, 0) is 65.4 Å². The summed E-state index contributed by atoms with van der Waals surface area (Å²) in [5.74, 6) is 0. The molecule has 2 rings (SSSR count). The van der Waals surface area contributed by atoms with E-state index in [0.29, 0.717) is 5.41 Å². The Morgan fingerprint density at radius 1 is 0.727 bits per heavy atom. The zero-order chi connectivity index (χ0) is 25.3. The molecule has 0 aliphatic heterocycles. The fourth-order valence-corrected chi connectivity index (χ4v) is 1.19. The van der Waals surface area contributed by atoms with Gasteiger partial charge < -0.3 is 23.2 Å². The second kappa shape index (κ2) is 32.1.